The minimum absolute atomic E-state index is 0.0539. The number of likely N-dealkylation sites (N-methyl/N-ethyl adjacent to an activating group) is 1. The number of nitro benzene ring substituents is 1. The summed E-state index contributed by atoms with van der Waals surface area (Å²) in [6.07, 6.45) is 0. The van der Waals surface area contributed by atoms with Gasteiger partial charge in [0.25, 0.3) is 5.69 Å². The molecule has 0 spiro atoms. The number of carbonyl (C=O) groups is 2. The Bertz CT molecular complexity index is 680. The van der Waals surface area contributed by atoms with Crippen LogP contribution in [0.2, 0.25) is 0 Å². The molecule has 0 heterocycles. The number of benzene rings is 1. The number of hydrogen-bond donors (Lipinski definition) is 2. The third-order valence-corrected chi connectivity index (χ3v) is 3.42. The number of amides is 2. The van der Waals surface area contributed by atoms with E-state index in [0.29, 0.717) is 0 Å². The number of carbonyl (C=O) groups excluding carboxylic acids is 2. The van der Waals surface area contributed by atoms with Gasteiger partial charge in [0, 0.05) is 11.6 Å². The van der Waals surface area contributed by atoms with Crippen molar-refractivity contribution in [1.29, 1.82) is 0 Å². The molecule has 0 radical (unpaired) electrons. The lowest BCUT2D eigenvalue weighted by Gasteiger charge is -2.23. The van der Waals surface area contributed by atoms with Crippen LogP contribution in [0.15, 0.2) is 12.1 Å². The van der Waals surface area contributed by atoms with Crippen LogP contribution in [-0.4, -0.2) is 47.3 Å². The Morgan fingerprint density at radius 2 is 1.64 bits per heavy atom. The van der Waals surface area contributed by atoms with E-state index in [-0.39, 0.29) is 35.9 Å². The van der Waals surface area contributed by atoms with Gasteiger partial charge in [0.05, 0.1) is 18.0 Å². The lowest BCUT2D eigenvalue weighted by molar-refractivity contribution is -0.384. The van der Waals surface area contributed by atoms with E-state index in [0.717, 1.165) is 11.1 Å². The molecule has 0 atom stereocenters. The minimum Gasteiger partial charge on any atom is -0.350 e. The van der Waals surface area contributed by atoms with E-state index in [1.807, 2.05) is 27.7 Å². The van der Waals surface area contributed by atoms with Gasteiger partial charge in [-0.25, -0.2) is 0 Å². The molecule has 2 amide bonds. The summed E-state index contributed by atoms with van der Waals surface area (Å²) in [7, 11) is 1.64. The number of nitrogens with zero attached hydrogens (tertiary/aromatic N) is 2. The van der Waals surface area contributed by atoms with E-state index in [9.17, 15) is 19.7 Å². The number of anilines is 1. The van der Waals surface area contributed by atoms with Crippen LogP contribution in [0, 0.1) is 24.0 Å². The van der Waals surface area contributed by atoms with Crippen LogP contribution in [0.25, 0.3) is 0 Å². The van der Waals surface area contributed by atoms with Crippen molar-refractivity contribution >= 4 is 23.2 Å². The molecule has 1 rings (SSSR count). The first kappa shape index (κ1) is 20.6. The zero-order valence-electron chi connectivity index (χ0n) is 15.6. The van der Waals surface area contributed by atoms with Crippen LogP contribution in [0.1, 0.15) is 31.9 Å². The maximum Gasteiger partial charge on any atom is 0.293 e. The zero-order chi connectivity index (χ0) is 19.4. The summed E-state index contributed by atoms with van der Waals surface area (Å²) in [4.78, 5) is 36.2. The summed E-state index contributed by atoms with van der Waals surface area (Å²) in [5.74, 6) is -0.614. The fourth-order valence-corrected chi connectivity index (χ4v) is 2.25. The first-order valence-corrected chi connectivity index (χ1v) is 7.94. The maximum absolute atomic E-state index is 12.2. The summed E-state index contributed by atoms with van der Waals surface area (Å²) in [5, 5.41) is 16.5. The molecule has 0 aliphatic rings. The van der Waals surface area contributed by atoms with Crippen molar-refractivity contribution in [1.82, 2.24) is 10.2 Å². The van der Waals surface area contributed by atoms with E-state index < -0.39 is 10.8 Å². The van der Waals surface area contributed by atoms with Gasteiger partial charge >= 0.3 is 0 Å². The van der Waals surface area contributed by atoms with Crippen LogP contribution in [0.5, 0.6) is 0 Å². The quantitative estimate of drug-likeness (QED) is 0.603. The Morgan fingerprint density at radius 1 is 1.12 bits per heavy atom. The molecule has 0 bridgehead atoms. The lowest BCUT2D eigenvalue weighted by Crippen LogP contribution is -2.46. The molecular formula is C17H26N4O4. The van der Waals surface area contributed by atoms with Gasteiger partial charge in [-0.15, -0.1) is 0 Å². The van der Waals surface area contributed by atoms with Gasteiger partial charge in [0.1, 0.15) is 5.69 Å². The third kappa shape index (κ3) is 6.88. The van der Waals surface area contributed by atoms with Crippen molar-refractivity contribution in [3.05, 3.63) is 33.4 Å². The molecule has 1 aromatic rings. The normalized spacial score (nSPS) is 11.3. The van der Waals surface area contributed by atoms with Gasteiger partial charge in [-0.2, -0.15) is 0 Å². The van der Waals surface area contributed by atoms with Crippen LogP contribution in [-0.2, 0) is 9.59 Å². The molecule has 1 aromatic carbocycles. The van der Waals surface area contributed by atoms with Gasteiger partial charge in [0.2, 0.25) is 11.8 Å². The van der Waals surface area contributed by atoms with Crippen molar-refractivity contribution < 1.29 is 14.5 Å². The van der Waals surface area contributed by atoms with Crippen LogP contribution in [0.4, 0.5) is 11.4 Å². The summed E-state index contributed by atoms with van der Waals surface area (Å²) >= 11 is 0. The van der Waals surface area contributed by atoms with Gasteiger partial charge < -0.3 is 10.6 Å². The monoisotopic (exact) mass is 350 g/mol. The molecular weight excluding hydrogens is 324 g/mol. The third-order valence-electron chi connectivity index (χ3n) is 3.42. The first-order valence-electron chi connectivity index (χ1n) is 7.94. The minimum atomic E-state index is -0.525. The van der Waals surface area contributed by atoms with Crippen molar-refractivity contribution in [2.75, 3.05) is 25.5 Å². The highest BCUT2D eigenvalue weighted by molar-refractivity contribution is 5.95. The summed E-state index contributed by atoms with van der Waals surface area (Å²) in [5.41, 5.74) is 1.29. The second-order valence-electron chi connectivity index (χ2n) is 7.23. The maximum atomic E-state index is 12.2. The number of nitrogens with one attached hydrogen (secondary N) is 2. The van der Waals surface area contributed by atoms with Crippen molar-refractivity contribution in [3.63, 3.8) is 0 Å². The topological polar surface area (TPSA) is 105 Å². The molecule has 0 aromatic heterocycles. The number of nitro groups is 1. The standard InChI is InChI=1S/C17H26N4O4/c1-11-7-13(14(21(24)25)8-12(11)2)18-15(22)9-20(6)10-16(23)19-17(3,4)5/h7-8H,9-10H2,1-6H3,(H,18,22)(H,19,23). The molecule has 25 heavy (non-hydrogen) atoms. The predicted octanol–water partition coefficient (Wildman–Crippen LogP) is 2.00. The van der Waals surface area contributed by atoms with E-state index >= 15 is 0 Å². The van der Waals surface area contributed by atoms with Gasteiger partial charge in [0.15, 0.2) is 0 Å². The van der Waals surface area contributed by atoms with E-state index in [1.165, 1.54) is 6.07 Å². The highest BCUT2D eigenvalue weighted by Gasteiger charge is 2.20. The fourth-order valence-electron chi connectivity index (χ4n) is 2.25. The second kappa shape index (κ2) is 8.06. The largest absolute Gasteiger partial charge is 0.350 e. The Morgan fingerprint density at radius 3 is 2.16 bits per heavy atom. The highest BCUT2D eigenvalue weighted by atomic mass is 16.6. The lowest BCUT2D eigenvalue weighted by atomic mass is 10.1. The number of aryl methyl sites for hydroxylation is 2. The Balaban J connectivity index is 2.72. The van der Waals surface area contributed by atoms with Gasteiger partial charge in [-0.05, 0) is 58.9 Å². The van der Waals surface area contributed by atoms with E-state index in [4.69, 9.17) is 0 Å². The van der Waals surface area contributed by atoms with Crippen molar-refractivity contribution in [2.45, 2.75) is 40.2 Å². The van der Waals surface area contributed by atoms with Crippen molar-refractivity contribution in [3.8, 4) is 0 Å². The average Bonchev–Trinajstić information content (AvgIpc) is 2.39. The molecule has 8 heteroatoms. The number of hydrogen-bond acceptors (Lipinski definition) is 5. The summed E-state index contributed by atoms with van der Waals surface area (Å²) < 4.78 is 0. The second-order valence-corrected chi connectivity index (χ2v) is 7.23. The Hall–Kier alpha value is -2.48. The molecule has 0 aliphatic heterocycles. The molecule has 138 valence electrons. The molecule has 0 unspecified atom stereocenters. The van der Waals surface area contributed by atoms with Crippen molar-refractivity contribution in [2.24, 2.45) is 0 Å². The Kier molecular flexibility index (Phi) is 6.63. The average molecular weight is 350 g/mol. The predicted molar refractivity (Wildman–Crippen MR) is 96.6 cm³/mol. The molecule has 0 fully saturated rings. The van der Waals surface area contributed by atoms with Crippen LogP contribution < -0.4 is 10.6 Å². The van der Waals surface area contributed by atoms with Gasteiger partial charge in [-0.3, -0.25) is 24.6 Å². The Labute approximate surface area is 147 Å². The van der Waals surface area contributed by atoms with Gasteiger partial charge in [-0.1, -0.05) is 0 Å². The molecule has 0 saturated carbocycles. The van der Waals surface area contributed by atoms with Crippen LogP contribution in [0.3, 0.4) is 0 Å². The number of rotatable bonds is 6. The molecule has 2 N–H and O–H groups in total. The zero-order valence-corrected chi connectivity index (χ0v) is 15.6. The smallest absolute Gasteiger partial charge is 0.293 e. The summed E-state index contributed by atoms with van der Waals surface area (Å²) in [6, 6.07) is 3.02. The van der Waals surface area contributed by atoms with E-state index in [2.05, 4.69) is 10.6 Å². The fraction of sp³-hybridized carbons (Fsp3) is 0.529. The molecule has 0 aliphatic carbocycles. The van der Waals surface area contributed by atoms with E-state index in [1.54, 1.807) is 24.9 Å². The first-order chi connectivity index (χ1) is 11.4. The molecule has 0 saturated heterocycles. The SMILES string of the molecule is Cc1cc(NC(=O)CN(C)CC(=O)NC(C)(C)C)c([N+](=O)[O-])cc1C. The summed E-state index contributed by atoms with van der Waals surface area (Å²) in [6.45, 7) is 9.21. The molecule has 8 nitrogen and oxygen atoms in total. The highest BCUT2D eigenvalue weighted by Crippen LogP contribution is 2.27. The van der Waals surface area contributed by atoms with Crippen LogP contribution >= 0.6 is 0 Å².